The second-order valence-electron chi connectivity index (χ2n) is 8.75. The summed E-state index contributed by atoms with van der Waals surface area (Å²) < 4.78 is 36.6. The third-order valence-electron chi connectivity index (χ3n) is 5.84. The van der Waals surface area contributed by atoms with Gasteiger partial charge in [-0.25, -0.2) is 13.2 Å². The predicted molar refractivity (Wildman–Crippen MR) is 145 cm³/mol. The number of carboxylic acid groups (broad SMARTS) is 1. The van der Waals surface area contributed by atoms with Crippen LogP contribution in [0.1, 0.15) is 22.4 Å². The summed E-state index contributed by atoms with van der Waals surface area (Å²) in [6.07, 6.45) is -0.487. The van der Waals surface area contributed by atoms with Crippen molar-refractivity contribution in [1.29, 1.82) is 0 Å². The zero-order valence-electron chi connectivity index (χ0n) is 20.9. The average Bonchev–Trinajstić information content (AvgIpc) is 3.25. The van der Waals surface area contributed by atoms with Crippen LogP contribution in [-0.4, -0.2) is 37.4 Å². The summed E-state index contributed by atoms with van der Waals surface area (Å²) in [6.45, 7) is 1.80. The molecular weight excluding hydrogens is 544 g/mol. The summed E-state index contributed by atoms with van der Waals surface area (Å²) in [7, 11) is -3.71. The normalized spacial score (nSPS) is 11.2. The summed E-state index contributed by atoms with van der Waals surface area (Å²) in [6, 6.07) is 19.8. The lowest BCUT2D eigenvalue weighted by molar-refractivity contribution is -0.136. The van der Waals surface area contributed by atoms with Crippen LogP contribution < -0.4 is 5.32 Å². The number of nitrogens with zero attached hydrogens (tertiary/aromatic N) is 1. The van der Waals surface area contributed by atoms with Crippen LogP contribution in [0.15, 0.2) is 82.2 Å². The highest BCUT2D eigenvalue weighted by Crippen LogP contribution is 2.31. The fraction of sp³-hybridized carbons (Fsp3) is 0.179. The number of halogens is 1. The van der Waals surface area contributed by atoms with E-state index in [4.69, 9.17) is 26.0 Å². The molecule has 0 saturated heterocycles. The van der Waals surface area contributed by atoms with E-state index in [0.717, 1.165) is 5.56 Å². The first kappa shape index (κ1) is 27.9. The van der Waals surface area contributed by atoms with Crippen molar-refractivity contribution >= 4 is 39.2 Å². The highest BCUT2D eigenvalue weighted by molar-refractivity contribution is 7.90. The van der Waals surface area contributed by atoms with Crippen molar-refractivity contribution in [1.82, 2.24) is 5.16 Å². The lowest BCUT2D eigenvalue weighted by atomic mass is 10.1. The molecule has 3 aromatic carbocycles. The average molecular weight is 569 g/mol. The molecule has 0 radical (unpaired) electrons. The number of carbonyl (C=O) groups excluding carboxylic acids is 1. The molecule has 0 aliphatic rings. The molecule has 9 nitrogen and oxygen atoms in total. The van der Waals surface area contributed by atoms with Crippen LogP contribution >= 0.6 is 11.6 Å². The summed E-state index contributed by atoms with van der Waals surface area (Å²) in [5, 5.41) is 16.2. The van der Waals surface area contributed by atoms with Crippen LogP contribution in [0.2, 0.25) is 5.02 Å². The van der Waals surface area contributed by atoms with Crippen molar-refractivity contribution in [2.24, 2.45) is 0 Å². The molecule has 1 aromatic heterocycles. The Morgan fingerprint density at radius 2 is 1.77 bits per heavy atom. The minimum atomic E-state index is -3.71. The molecule has 1 heterocycles. The van der Waals surface area contributed by atoms with E-state index in [1.54, 1.807) is 43.3 Å². The van der Waals surface area contributed by atoms with Crippen molar-refractivity contribution in [3.05, 3.63) is 100 Å². The molecule has 0 fully saturated rings. The van der Waals surface area contributed by atoms with Gasteiger partial charge < -0.3 is 14.4 Å². The predicted octanol–water partition coefficient (Wildman–Crippen LogP) is 5.70. The number of aliphatic carboxylic acids is 1. The Balaban J connectivity index is 1.42. The first-order valence-electron chi connectivity index (χ1n) is 11.9. The second-order valence-corrected chi connectivity index (χ2v) is 11.1. The molecule has 0 unspecified atom stereocenters. The van der Waals surface area contributed by atoms with E-state index in [2.05, 4.69) is 10.5 Å². The van der Waals surface area contributed by atoms with Crippen LogP contribution in [0.3, 0.4) is 0 Å². The van der Waals surface area contributed by atoms with E-state index < -0.39 is 21.9 Å². The van der Waals surface area contributed by atoms with Crippen LogP contribution in [-0.2, 0) is 38.0 Å². The Morgan fingerprint density at radius 1 is 1.03 bits per heavy atom. The van der Waals surface area contributed by atoms with Gasteiger partial charge in [0.2, 0.25) is 0 Å². The van der Waals surface area contributed by atoms with E-state index in [9.17, 15) is 18.0 Å². The van der Waals surface area contributed by atoms with Crippen LogP contribution in [0.4, 0.5) is 10.5 Å². The number of aromatic nitrogens is 1. The molecule has 0 atom stereocenters. The van der Waals surface area contributed by atoms with E-state index >= 15 is 0 Å². The Bertz CT molecular complexity index is 1600. The Labute approximate surface area is 230 Å². The molecule has 0 bridgehead atoms. The number of carbonyl (C=O) groups is 2. The minimum absolute atomic E-state index is 0.0516. The topological polar surface area (TPSA) is 136 Å². The summed E-state index contributed by atoms with van der Waals surface area (Å²) in [5.41, 5.74) is 3.15. The molecule has 1 amide bonds. The van der Waals surface area contributed by atoms with E-state index in [1.165, 1.54) is 18.2 Å². The standard InChI is InChI=1S/C28H25ClN2O7S/c1-18-26(30-28(34)37-14-13-21-6-2-3-8-24(21)29)27(38-31-18)22-11-9-19(10-12-22)17-39(35,36)23-7-4-5-20(15-23)16-25(32)33/h2-12,15H,13-14,16-17H2,1H3,(H,30,34)(H,32,33). The first-order valence-corrected chi connectivity index (χ1v) is 13.9. The zero-order chi connectivity index (χ0) is 28.0. The maximum absolute atomic E-state index is 12.9. The van der Waals surface area contributed by atoms with Gasteiger partial charge in [-0.2, -0.15) is 0 Å². The fourth-order valence-corrected chi connectivity index (χ4v) is 5.53. The Hall–Kier alpha value is -4.15. The third kappa shape index (κ3) is 7.24. The smallest absolute Gasteiger partial charge is 0.411 e. The number of rotatable bonds is 10. The molecule has 4 aromatic rings. The van der Waals surface area contributed by atoms with Gasteiger partial charge in [0, 0.05) is 17.0 Å². The molecule has 0 aliphatic heterocycles. The van der Waals surface area contributed by atoms with Crippen molar-refractivity contribution < 1.29 is 32.4 Å². The number of anilines is 1. The monoisotopic (exact) mass is 568 g/mol. The number of hydrogen-bond donors (Lipinski definition) is 2. The highest BCUT2D eigenvalue weighted by atomic mass is 35.5. The van der Waals surface area contributed by atoms with Gasteiger partial charge in [-0.1, -0.05) is 71.4 Å². The number of aryl methyl sites for hydroxylation is 1. The number of nitrogens with one attached hydrogen (secondary N) is 1. The molecular formula is C28H25ClN2O7S. The van der Waals surface area contributed by atoms with Gasteiger partial charge >= 0.3 is 12.1 Å². The van der Waals surface area contributed by atoms with Crippen molar-refractivity contribution in [2.45, 2.75) is 30.4 Å². The highest BCUT2D eigenvalue weighted by Gasteiger charge is 2.20. The second kappa shape index (κ2) is 12.1. The van der Waals surface area contributed by atoms with Gasteiger partial charge in [0.05, 0.1) is 23.7 Å². The van der Waals surface area contributed by atoms with Gasteiger partial charge in [-0.3, -0.25) is 10.1 Å². The summed E-state index contributed by atoms with van der Waals surface area (Å²) >= 11 is 6.13. The SMILES string of the molecule is Cc1noc(-c2ccc(CS(=O)(=O)c3cccc(CC(=O)O)c3)cc2)c1NC(=O)OCCc1ccccc1Cl. The van der Waals surface area contributed by atoms with Gasteiger partial charge in [0.25, 0.3) is 0 Å². The van der Waals surface area contributed by atoms with Crippen LogP contribution in [0, 0.1) is 6.92 Å². The minimum Gasteiger partial charge on any atom is -0.481 e. The molecule has 2 N–H and O–H groups in total. The van der Waals surface area contributed by atoms with Gasteiger partial charge in [-0.05, 0) is 41.8 Å². The van der Waals surface area contributed by atoms with Gasteiger partial charge in [-0.15, -0.1) is 0 Å². The van der Waals surface area contributed by atoms with Crippen molar-refractivity contribution in [3.63, 3.8) is 0 Å². The Kier molecular flexibility index (Phi) is 8.68. The lowest BCUT2D eigenvalue weighted by Crippen LogP contribution is -2.16. The molecule has 0 saturated carbocycles. The fourth-order valence-electron chi connectivity index (χ4n) is 3.89. The quantitative estimate of drug-likeness (QED) is 0.249. The third-order valence-corrected chi connectivity index (χ3v) is 7.89. The summed E-state index contributed by atoms with van der Waals surface area (Å²) in [4.78, 5) is 23.4. The Morgan fingerprint density at radius 3 is 2.49 bits per heavy atom. The molecule has 202 valence electrons. The van der Waals surface area contributed by atoms with E-state index in [-0.39, 0.29) is 23.7 Å². The number of amides is 1. The maximum atomic E-state index is 12.9. The zero-order valence-corrected chi connectivity index (χ0v) is 22.5. The van der Waals surface area contributed by atoms with Crippen molar-refractivity contribution in [2.75, 3.05) is 11.9 Å². The molecule has 0 aliphatic carbocycles. The molecule has 11 heteroatoms. The molecule has 39 heavy (non-hydrogen) atoms. The largest absolute Gasteiger partial charge is 0.481 e. The number of carboxylic acids is 1. The number of ether oxygens (including phenoxy) is 1. The van der Waals surface area contributed by atoms with E-state index in [0.29, 0.717) is 45.3 Å². The summed E-state index contributed by atoms with van der Waals surface area (Å²) in [5.74, 6) is -1.02. The lowest BCUT2D eigenvalue weighted by Gasteiger charge is -2.09. The maximum Gasteiger partial charge on any atom is 0.411 e. The van der Waals surface area contributed by atoms with Crippen molar-refractivity contribution in [3.8, 4) is 11.3 Å². The molecule has 0 spiro atoms. The van der Waals surface area contributed by atoms with E-state index in [1.807, 2.05) is 18.2 Å². The number of sulfone groups is 1. The van der Waals surface area contributed by atoms with Gasteiger partial charge in [0.1, 0.15) is 11.4 Å². The first-order chi connectivity index (χ1) is 18.6. The van der Waals surface area contributed by atoms with Crippen LogP contribution in [0.5, 0.6) is 0 Å². The number of benzene rings is 3. The van der Waals surface area contributed by atoms with Crippen LogP contribution in [0.25, 0.3) is 11.3 Å². The van der Waals surface area contributed by atoms with Gasteiger partial charge in [0.15, 0.2) is 15.6 Å². The molecule has 4 rings (SSSR count). The number of hydrogen-bond acceptors (Lipinski definition) is 7.